The van der Waals surface area contributed by atoms with Gasteiger partial charge in [-0.05, 0) is 25.7 Å². The second-order valence-electron chi connectivity index (χ2n) is 3.35. The van der Waals surface area contributed by atoms with E-state index in [2.05, 4.69) is 12.2 Å². The van der Waals surface area contributed by atoms with Crippen molar-refractivity contribution in [2.24, 2.45) is 0 Å². The van der Waals surface area contributed by atoms with Crippen LogP contribution in [0.15, 0.2) is 12.2 Å². The Hall–Kier alpha value is -0.300. The summed E-state index contributed by atoms with van der Waals surface area (Å²) in [5.74, 6) is 0. The van der Waals surface area contributed by atoms with Crippen LogP contribution in [0.5, 0.6) is 0 Å². The number of aliphatic hydroxyl groups excluding tert-OH is 1. The van der Waals surface area contributed by atoms with E-state index in [1.54, 1.807) is 0 Å². The molecule has 64 valence electrons. The third-order valence-corrected chi connectivity index (χ3v) is 2.23. The van der Waals surface area contributed by atoms with Crippen molar-refractivity contribution in [2.75, 3.05) is 0 Å². The van der Waals surface area contributed by atoms with E-state index in [0.29, 0.717) is 0 Å². The zero-order valence-electron chi connectivity index (χ0n) is 7.13. The van der Waals surface area contributed by atoms with Crippen molar-refractivity contribution in [1.29, 1.82) is 0 Å². The highest BCUT2D eigenvalue weighted by Gasteiger charge is 2.01. The maximum Gasteiger partial charge on any atom is 0.0574 e. The molecule has 0 aromatic heterocycles. The minimum Gasteiger partial charge on any atom is -0.393 e. The number of aliphatic hydroxyl groups is 1. The van der Waals surface area contributed by atoms with E-state index in [9.17, 15) is 5.11 Å². The average molecular weight is 154 g/mol. The lowest BCUT2D eigenvalue weighted by atomic mass is 10.0. The van der Waals surface area contributed by atoms with Gasteiger partial charge in [-0.15, -0.1) is 0 Å². The summed E-state index contributed by atoms with van der Waals surface area (Å²) in [6.45, 7) is 0. The second-order valence-corrected chi connectivity index (χ2v) is 3.35. The predicted molar refractivity (Wildman–Crippen MR) is 47.5 cm³/mol. The van der Waals surface area contributed by atoms with E-state index >= 15 is 0 Å². The summed E-state index contributed by atoms with van der Waals surface area (Å²) in [5.41, 5.74) is 0. The molecule has 0 amide bonds. The summed E-state index contributed by atoms with van der Waals surface area (Å²) in [7, 11) is 0. The zero-order chi connectivity index (χ0) is 7.94. The molecule has 1 nitrogen and oxygen atoms in total. The summed E-state index contributed by atoms with van der Waals surface area (Å²) in [5, 5.41) is 9.38. The van der Waals surface area contributed by atoms with Gasteiger partial charge in [0.15, 0.2) is 0 Å². The lowest BCUT2D eigenvalue weighted by Crippen LogP contribution is -2.04. The van der Waals surface area contributed by atoms with Crippen LogP contribution in [0, 0.1) is 0 Å². The molecule has 1 N–H and O–H groups in total. The van der Waals surface area contributed by atoms with Gasteiger partial charge in [-0.2, -0.15) is 0 Å². The Balaban J connectivity index is 2.25. The van der Waals surface area contributed by atoms with Gasteiger partial charge in [0.1, 0.15) is 0 Å². The van der Waals surface area contributed by atoms with Crippen molar-refractivity contribution in [1.82, 2.24) is 0 Å². The van der Waals surface area contributed by atoms with Crippen LogP contribution in [0.25, 0.3) is 0 Å². The first kappa shape index (κ1) is 8.79. The van der Waals surface area contributed by atoms with E-state index in [-0.39, 0.29) is 6.10 Å². The normalized spacial score (nSPS) is 28.3. The van der Waals surface area contributed by atoms with Crippen molar-refractivity contribution >= 4 is 0 Å². The molecule has 0 aliphatic heterocycles. The number of allylic oxidation sites excluding steroid dienone is 1. The van der Waals surface area contributed by atoms with E-state index < -0.39 is 0 Å². The fraction of sp³-hybridized carbons (Fsp3) is 0.800. The SMILES string of the molecule is OC1CC=CCCCCCC1. The van der Waals surface area contributed by atoms with Crippen LogP contribution in [0.3, 0.4) is 0 Å². The van der Waals surface area contributed by atoms with Gasteiger partial charge in [0.25, 0.3) is 0 Å². The quantitative estimate of drug-likeness (QED) is 0.532. The summed E-state index contributed by atoms with van der Waals surface area (Å²) >= 11 is 0. The Labute approximate surface area is 69.1 Å². The van der Waals surface area contributed by atoms with Crippen molar-refractivity contribution in [3.05, 3.63) is 12.2 Å². The number of hydrogen-bond acceptors (Lipinski definition) is 1. The largest absolute Gasteiger partial charge is 0.393 e. The van der Waals surface area contributed by atoms with Crippen molar-refractivity contribution < 1.29 is 5.11 Å². The van der Waals surface area contributed by atoms with E-state index in [1.807, 2.05) is 0 Å². The maximum atomic E-state index is 9.38. The number of rotatable bonds is 0. The Morgan fingerprint density at radius 3 is 2.73 bits per heavy atom. The first-order valence-electron chi connectivity index (χ1n) is 4.72. The highest BCUT2D eigenvalue weighted by Crippen LogP contribution is 2.12. The number of hydrogen-bond donors (Lipinski definition) is 1. The molecule has 0 saturated carbocycles. The molecule has 1 aliphatic carbocycles. The summed E-state index contributed by atoms with van der Waals surface area (Å²) < 4.78 is 0. The first-order valence-corrected chi connectivity index (χ1v) is 4.72. The van der Waals surface area contributed by atoms with Gasteiger partial charge < -0.3 is 5.11 Å². The van der Waals surface area contributed by atoms with Gasteiger partial charge >= 0.3 is 0 Å². The van der Waals surface area contributed by atoms with Crippen molar-refractivity contribution in [3.63, 3.8) is 0 Å². The molecule has 1 rings (SSSR count). The summed E-state index contributed by atoms with van der Waals surface area (Å²) in [6.07, 6.45) is 12.5. The Morgan fingerprint density at radius 2 is 1.82 bits per heavy atom. The van der Waals surface area contributed by atoms with Gasteiger partial charge in [0.2, 0.25) is 0 Å². The molecule has 0 radical (unpaired) electrons. The average Bonchev–Trinajstić information content (AvgIpc) is 2.03. The van der Waals surface area contributed by atoms with Crippen LogP contribution in [-0.2, 0) is 0 Å². The molecule has 0 bridgehead atoms. The zero-order valence-corrected chi connectivity index (χ0v) is 7.13. The Kier molecular flexibility index (Phi) is 4.29. The molecular formula is C10H18O. The molecule has 1 aliphatic rings. The molecule has 0 fully saturated rings. The predicted octanol–water partition coefficient (Wildman–Crippen LogP) is 2.65. The summed E-state index contributed by atoms with van der Waals surface area (Å²) in [6, 6.07) is 0. The van der Waals surface area contributed by atoms with Crippen LogP contribution in [-0.4, -0.2) is 11.2 Å². The molecule has 0 heterocycles. The van der Waals surface area contributed by atoms with E-state index in [4.69, 9.17) is 0 Å². The first-order chi connectivity index (χ1) is 5.39. The molecule has 1 unspecified atom stereocenters. The van der Waals surface area contributed by atoms with Gasteiger partial charge in [-0.3, -0.25) is 0 Å². The lowest BCUT2D eigenvalue weighted by molar-refractivity contribution is 0.163. The molecule has 11 heavy (non-hydrogen) atoms. The molecule has 0 saturated heterocycles. The summed E-state index contributed by atoms with van der Waals surface area (Å²) in [4.78, 5) is 0. The standard InChI is InChI=1S/C10H18O/c11-10-8-6-4-2-1-3-5-7-9-10/h4,6,10-11H,1-3,5,7-9H2. The van der Waals surface area contributed by atoms with Gasteiger partial charge in [-0.1, -0.05) is 31.4 Å². The lowest BCUT2D eigenvalue weighted by Gasteiger charge is -2.08. The molecule has 0 aromatic carbocycles. The molecule has 0 aromatic rings. The monoisotopic (exact) mass is 154 g/mol. The second kappa shape index (κ2) is 5.36. The molecule has 1 heteroatoms. The van der Waals surface area contributed by atoms with Gasteiger partial charge in [0.05, 0.1) is 6.10 Å². The Bertz CT molecular complexity index is 118. The van der Waals surface area contributed by atoms with Gasteiger partial charge in [0, 0.05) is 0 Å². The molecular weight excluding hydrogens is 136 g/mol. The fourth-order valence-corrected chi connectivity index (χ4v) is 1.48. The molecule has 1 atom stereocenters. The van der Waals surface area contributed by atoms with Crippen molar-refractivity contribution in [3.8, 4) is 0 Å². The third-order valence-electron chi connectivity index (χ3n) is 2.23. The van der Waals surface area contributed by atoms with Crippen LogP contribution in [0.2, 0.25) is 0 Å². The maximum absolute atomic E-state index is 9.38. The third kappa shape index (κ3) is 4.20. The topological polar surface area (TPSA) is 20.2 Å². The highest BCUT2D eigenvalue weighted by molar-refractivity contribution is 4.84. The fourth-order valence-electron chi connectivity index (χ4n) is 1.48. The minimum absolute atomic E-state index is 0.0793. The Morgan fingerprint density at radius 1 is 1.00 bits per heavy atom. The van der Waals surface area contributed by atoms with Crippen LogP contribution in [0.4, 0.5) is 0 Å². The van der Waals surface area contributed by atoms with Gasteiger partial charge in [-0.25, -0.2) is 0 Å². The minimum atomic E-state index is -0.0793. The molecule has 0 spiro atoms. The van der Waals surface area contributed by atoms with E-state index in [0.717, 1.165) is 12.8 Å². The highest BCUT2D eigenvalue weighted by atomic mass is 16.3. The van der Waals surface area contributed by atoms with E-state index in [1.165, 1.54) is 32.1 Å². The van der Waals surface area contributed by atoms with Crippen LogP contribution >= 0.6 is 0 Å². The smallest absolute Gasteiger partial charge is 0.0574 e. The van der Waals surface area contributed by atoms with Crippen LogP contribution in [0.1, 0.15) is 44.9 Å². The van der Waals surface area contributed by atoms with Crippen molar-refractivity contribution in [2.45, 2.75) is 51.0 Å². The van der Waals surface area contributed by atoms with Crippen LogP contribution < -0.4 is 0 Å².